The standard InChI is InChI=1S/C22H23N5O2/c1-15-7-4-10-19(16(15)2)26-20(28)14-27(3)21(29)17-8-5-9-18(13-17)25-22-23-11-6-12-24-22/h4-13H,14H2,1-3H3,(H,26,28)(H,23,24,25). The lowest BCUT2D eigenvalue weighted by Gasteiger charge is -2.18. The summed E-state index contributed by atoms with van der Waals surface area (Å²) in [6.45, 7) is 3.89. The molecule has 7 nitrogen and oxygen atoms in total. The summed E-state index contributed by atoms with van der Waals surface area (Å²) in [5, 5.41) is 5.92. The highest BCUT2D eigenvalue weighted by atomic mass is 16.2. The summed E-state index contributed by atoms with van der Waals surface area (Å²) < 4.78 is 0. The Hall–Kier alpha value is -3.74. The van der Waals surface area contributed by atoms with Crippen LogP contribution in [0.2, 0.25) is 0 Å². The summed E-state index contributed by atoms with van der Waals surface area (Å²) in [4.78, 5) is 34.7. The first-order valence-electron chi connectivity index (χ1n) is 9.19. The summed E-state index contributed by atoms with van der Waals surface area (Å²) in [6.07, 6.45) is 3.26. The molecular formula is C22H23N5O2. The van der Waals surface area contributed by atoms with E-state index in [0.29, 0.717) is 17.2 Å². The van der Waals surface area contributed by atoms with E-state index in [9.17, 15) is 9.59 Å². The summed E-state index contributed by atoms with van der Waals surface area (Å²) in [5.74, 6) is -0.0568. The zero-order chi connectivity index (χ0) is 20.8. The molecule has 0 spiro atoms. The number of rotatable bonds is 6. The van der Waals surface area contributed by atoms with E-state index in [1.807, 2.05) is 38.1 Å². The van der Waals surface area contributed by atoms with Crippen molar-refractivity contribution < 1.29 is 9.59 Å². The molecule has 0 atom stereocenters. The van der Waals surface area contributed by atoms with Gasteiger partial charge in [0.2, 0.25) is 11.9 Å². The first-order valence-corrected chi connectivity index (χ1v) is 9.19. The third kappa shape index (κ3) is 5.16. The molecule has 0 saturated carbocycles. The lowest BCUT2D eigenvalue weighted by Crippen LogP contribution is -2.35. The predicted molar refractivity (Wildman–Crippen MR) is 113 cm³/mol. The summed E-state index contributed by atoms with van der Waals surface area (Å²) >= 11 is 0. The van der Waals surface area contributed by atoms with Gasteiger partial charge in [0.15, 0.2) is 0 Å². The number of amides is 2. The number of likely N-dealkylation sites (N-methyl/N-ethyl adjacent to an activating group) is 1. The molecule has 1 aromatic heterocycles. The second-order valence-electron chi connectivity index (χ2n) is 6.74. The van der Waals surface area contributed by atoms with Crippen LogP contribution in [-0.4, -0.2) is 40.3 Å². The van der Waals surface area contributed by atoms with Crippen LogP contribution in [0.15, 0.2) is 60.9 Å². The Morgan fingerprint density at radius 1 is 1.00 bits per heavy atom. The van der Waals surface area contributed by atoms with Crippen LogP contribution in [0.4, 0.5) is 17.3 Å². The number of benzene rings is 2. The number of hydrogen-bond donors (Lipinski definition) is 2. The van der Waals surface area contributed by atoms with Crippen molar-refractivity contribution in [2.24, 2.45) is 0 Å². The topological polar surface area (TPSA) is 87.2 Å². The van der Waals surface area contributed by atoms with E-state index in [4.69, 9.17) is 0 Å². The van der Waals surface area contributed by atoms with Gasteiger partial charge in [-0.1, -0.05) is 18.2 Å². The molecule has 0 unspecified atom stereocenters. The van der Waals surface area contributed by atoms with Crippen LogP contribution in [0.5, 0.6) is 0 Å². The minimum atomic E-state index is -0.251. The summed E-state index contributed by atoms with van der Waals surface area (Å²) in [6, 6.07) is 14.5. The maximum absolute atomic E-state index is 12.7. The smallest absolute Gasteiger partial charge is 0.254 e. The first kappa shape index (κ1) is 20.0. The van der Waals surface area contributed by atoms with Gasteiger partial charge in [0, 0.05) is 36.4 Å². The van der Waals surface area contributed by atoms with E-state index in [1.54, 1.807) is 43.7 Å². The van der Waals surface area contributed by atoms with E-state index < -0.39 is 0 Å². The number of carbonyl (C=O) groups is 2. The number of carbonyl (C=O) groups excluding carboxylic acids is 2. The van der Waals surface area contributed by atoms with Crippen LogP contribution in [-0.2, 0) is 4.79 Å². The number of hydrogen-bond acceptors (Lipinski definition) is 5. The average molecular weight is 389 g/mol. The molecule has 148 valence electrons. The zero-order valence-corrected chi connectivity index (χ0v) is 16.6. The van der Waals surface area contributed by atoms with E-state index in [2.05, 4.69) is 20.6 Å². The molecule has 3 aromatic rings. The largest absolute Gasteiger partial charge is 0.332 e. The molecular weight excluding hydrogens is 366 g/mol. The Bertz CT molecular complexity index is 1020. The number of aryl methyl sites for hydroxylation is 1. The van der Waals surface area contributed by atoms with Gasteiger partial charge in [0.1, 0.15) is 0 Å². The third-order valence-electron chi connectivity index (χ3n) is 4.54. The highest BCUT2D eigenvalue weighted by Crippen LogP contribution is 2.18. The Morgan fingerprint density at radius 3 is 2.48 bits per heavy atom. The second-order valence-corrected chi connectivity index (χ2v) is 6.74. The average Bonchev–Trinajstić information content (AvgIpc) is 2.72. The van der Waals surface area contributed by atoms with Gasteiger partial charge in [0.05, 0.1) is 6.54 Å². The second kappa shape index (κ2) is 8.97. The Kier molecular flexibility index (Phi) is 6.19. The minimum absolute atomic E-state index is 0.0499. The van der Waals surface area contributed by atoms with Crippen LogP contribution in [0.1, 0.15) is 21.5 Å². The van der Waals surface area contributed by atoms with Crippen LogP contribution in [0.25, 0.3) is 0 Å². The maximum Gasteiger partial charge on any atom is 0.254 e. The van der Waals surface area contributed by atoms with Gasteiger partial charge in [-0.05, 0) is 55.3 Å². The van der Waals surface area contributed by atoms with Crippen molar-refractivity contribution in [1.82, 2.24) is 14.9 Å². The highest BCUT2D eigenvalue weighted by Gasteiger charge is 2.16. The Balaban J connectivity index is 1.64. The quantitative estimate of drug-likeness (QED) is 0.673. The number of aromatic nitrogens is 2. The van der Waals surface area contributed by atoms with Crippen LogP contribution in [0, 0.1) is 13.8 Å². The maximum atomic E-state index is 12.7. The van der Waals surface area contributed by atoms with Crippen molar-refractivity contribution in [2.45, 2.75) is 13.8 Å². The number of nitrogens with one attached hydrogen (secondary N) is 2. The van der Waals surface area contributed by atoms with Crippen LogP contribution in [0.3, 0.4) is 0 Å². The number of anilines is 3. The van der Waals surface area contributed by atoms with Crippen molar-refractivity contribution in [2.75, 3.05) is 24.2 Å². The zero-order valence-electron chi connectivity index (χ0n) is 16.6. The molecule has 0 radical (unpaired) electrons. The van der Waals surface area contributed by atoms with Gasteiger partial charge in [-0.2, -0.15) is 0 Å². The molecule has 29 heavy (non-hydrogen) atoms. The molecule has 7 heteroatoms. The van der Waals surface area contributed by atoms with Crippen LogP contribution < -0.4 is 10.6 Å². The van der Waals surface area contributed by atoms with Crippen molar-refractivity contribution in [1.29, 1.82) is 0 Å². The molecule has 2 N–H and O–H groups in total. The summed E-state index contributed by atoms with van der Waals surface area (Å²) in [7, 11) is 1.60. The molecule has 0 aliphatic heterocycles. The fourth-order valence-corrected chi connectivity index (χ4v) is 2.81. The molecule has 0 saturated heterocycles. The van der Waals surface area contributed by atoms with Crippen LogP contribution >= 0.6 is 0 Å². The van der Waals surface area contributed by atoms with Gasteiger partial charge in [-0.25, -0.2) is 9.97 Å². The molecule has 0 aliphatic carbocycles. The molecule has 0 bridgehead atoms. The molecule has 0 aliphatic rings. The van der Waals surface area contributed by atoms with E-state index >= 15 is 0 Å². The summed E-state index contributed by atoms with van der Waals surface area (Å²) in [5.41, 5.74) is 4.02. The third-order valence-corrected chi connectivity index (χ3v) is 4.54. The molecule has 2 amide bonds. The van der Waals surface area contributed by atoms with Gasteiger partial charge in [-0.15, -0.1) is 0 Å². The highest BCUT2D eigenvalue weighted by molar-refractivity contribution is 6.00. The Morgan fingerprint density at radius 2 is 1.72 bits per heavy atom. The van der Waals surface area contributed by atoms with Gasteiger partial charge < -0.3 is 15.5 Å². The molecule has 3 rings (SSSR count). The van der Waals surface area contributed by atoms with Gasteiger partial charge in [0.25, 0.3) is 5.91 Å². The SMILES string of the molecule is Cc1cccc(NC(=O)CN(C)C(=O)c2cccc(Nc3ncccn3)c2)c1C. The molecule has 0 fully saturated rings. The monoisotopic (exact) mass is 389 g/mol. The fourth-order valence-electron chi connectivity index (χ4n) is 2.81. The predicted octanol–water partition coefficient (Wildman–Crippen LogP) is 3.55. The van der Waals surface area contributed by atoms with E-state index in [1.165, 1.54) is 4.90 Å². The first-order chi connectivity index (χ1) is 13.9. The normalized spacial score (nSPS) is 10.3. The minimum Gasteiger partial charge on any atom is -0.332 e. The molecule has 1 heterocycles. The van der Waals surface area contributed by atoms with E-state index in [0.717, 1.165) is 16.8 Å². The fraction of sp³-hybridized carbons (Fsp3) is 0.182. The van der Waals surface area contributed by atoms with Crippen molar-refractivity contribution >= 4 is 29.1 Å². The van der Waals surface area contributed by atoms with Crippen molar-refractivity contribution in [3.8, 4) is 0 Å². The number of nitrogens with zero attached hydrogens (tertiary/aromatic N) is 3. The lowest BCUT2D eigenvalue weighted by molar-refractivity contribution is -0.116. The van der Waals surface area contributed by atoms with E-state index in [-0.39, 0.29) is 18.4 Å². The van der Waals surface area contributed by atoms with Gasteiger partial charge in [-0.3, -0.25) is 9.59 Å². The van der Waals surface area contributed by atoms with Crippen molar-refractivity contribution in [3.05, 3.63) is 77.6 Å². The van der Waals surface area contributed by atoms with Gasteiger partial charge >= 0.3 is 0 Å². The van der Waals surface area contributed by atoms with Crippen molar-refractivity contribution in [3.63, 3.8) is 0 Å². The Labute approximate surface area is 169 Å². The lowest BCUT2D eigenvalue weighted by atomic mass is 10.1. The molecule has 2 aromatic carbocycles.